The van der Waals surface area contributed by atoms with Gasteiger partial charge in [0, 0.05) is 25.0 Å². The highest BCUT2D eigenvalue weighted by molar-refractivity contribution is 5.98. The van der Waals surface area contributed by atoms with Crippen molar-refractivity contribution >= 4 is 11.8 Å². The van der Waals surface area contributed by atoms with Gasteiger partial charge in [0.05, 0.1) is 25.3 Å². The molecule has 0 saturated carbocycles. The Morgan fingerprint density at radius 2 is 2.00 bits per heavy atom. The Morgan fingerprint density at radius 1 is 1.20 bits per heavy atom. The van der Waals surface area contributed by atoms with Crippen molar-refractivity contribution < 1.29 is 14.3 Å². The van der Waals surface area contributed by atoms with E-state index in [0.29, 0.717) is 17.9 Å². The van der Waals surface area contributed by atoms with E-state index in [1.807, 2.05) is 17.2 Å². The Labute approximate surface area is 147 Å². The van der Waals surface area contributed by atoms with Gasteiger partial charge in [0.25, 0.3) is 5.91 Å². The van der Waals surface area contributed by atoms with Crippen molar-refractivity contribution in [2.24, 2.45) is 0 Å². The molecular formula is C19H23N3O3. The van der Waals surface area contributed by atoms with Crippen LogP contribution in [0.5, 0.6) is 5.75 Å². The molecule has 1 aromatic carbocycles. The maximum atomic E-state index is 12.7. The highest BCUT2D eigenvalue weighted by Gasteiger charge is 2.29. The van der Waals surface area contributed by atoms with E-state index in [1.54, 1.807) is 24.3 Å². The molecule has 2 amide bonds. The molecule has 0 radical (unpaired) electrons. The molecule has 6 nitrogen and oxygen atoms in total. The van der Waals surface area contributed by atoms with Crippen LogP contribution in [0.15, 0.2) is 42.6 Å². The zero-order valence-corrected chi connectivity index (χ0v) is 14.6. The van der Waals surface area contributed by atoms with Crippen LogP contribution in [0.25, 0.3) is 0 Å². The standard InChI is InChI=1S/C19H23N3O3/c1-3-15-16-8-6-10-21(16)11-12-22(15)18(23)13-20-19(24)14-7-4-5-9-17(14)25-2/h4-10,15H,3,11-13H2,1-2H3,(H,20,24)/t15-/m0/s1. The lowest BCUT2D eigenvalue weighted by atomic mass is 10.1. The Kier molecular flexibility index (Phi) is 5.07. The smallest absolute Gasteiger partial charge is 0.255 e. The number of ether oxygens (including phenoxy) is 1. The predicted octanol–water partition coefficient (Wildman–Crippen LogP) is 2.22. The SMILES string of the molecule is CC[C@H]1c2cccn2CCN1C(=O)CNC(=O)c1ccccc1OC. The first-order valence-electron chi connectivity index (χ1n) is 8.51. The van der Waals surface area contributed by atoms with Crippen LogP contribution in [0.3, 0.4) is 0 Å². The maximum Gasteiger partial charge on any atom is 0.255 e. The van der Waals surface area contributed by atoms with E-state index in [4.69, 9.17) is 4.74 Å². The summed E-state index contributed by atoms with van der Waals surface area (Å²) in [6.07, 6.45) is 2.89. The summed E-state index contributed by atoms with van der Waals surface area (Å²) in [5, 5.41) is 2.72. The summed E-state index contributed by atoms with van der Waals surface area (Å²) < 4.78 is 7.38. The molecule has 1 aliphatic rings. The van der Waals surface area contributed by atoms with Crippen LogP contribution >= 0.6 is 0 Å². The van der Waals surface area contributed by atoms with E-state index in [1.165, 1.54) is 7.11 Å². The molecule has 25 heavy (non-hydrogen) atoms. The minimum Gasteiger partial charge on any atom is -0.496 e. The first-order chi connectivity index (χ1) is 12.2. The predicted molar refractivity (Wildman–Crippen MR) is 94.5 cm³/mol. The van der Waals surface area contributed by atoms with Crippen LogP contribution in [-0.2, 0) is 11.3 Å². The number of methoxy groups -OCH3 is 1. The molecule has 0 unspecified atom stereocenters. The van der Waals surface area contributed by atoms with Gasteiger partial charge in [-0.3, -0.25) is 9.59 Å². The normalized spacial score (nSPS) is 16.2. The number of nitrogens with zero attached hydrogens (tertiary/aromatic N) is 2. The zero-order chi connectivity index (χ0) is 17.8. The number of hydrogen-bond donors (Lipinski definition) is 1. The summed E-state index contributed by atoms with van der Waals surface area (Å²) in [4.78, 5) is 26.9. The van der Waals surface area contributed by atoms with E-state index in [0.717, 1.165) is 18.7 Å². The molecule has 0 fully saturated rings. The van der Waals surface area contributed by atoms with Crippen LogP contribution in [0, 0.1) is 0 Å². The molecule has 1 aromatic heterocycles. The lowest BCUT2D eigenvalue weighted by molar-refractivity contribution is -0.133. The van der Waals surface area contributed by atoms with Gasteiger partial charge in [-0.15, -0.1) is 0 Å². The van der Waals surface area contributed by atoms with Gasteiger partial charge < -0.3 is 19.5 Å². The summed E-state index contributed by atoms with van der Waals surface area (Å²) >= 11 is 0. The van der Waals surface area contributed by atoms with Gasteiger partial charge >= 0.3 is 0 Å². The van der Waals surface area contributed by atoms with Crippen LogP contribution in [0.1, 0.15) is 35.4 Å². The molecule has 1 aliphatic heterocycles. The number of hydrogen-bond acceptors (Lipinski definition) is 3. The molecule has 0 aliphatic carbocycles. The number of amides is 2. The minimum absolute atomic E-state index is 0.0198. The molecule has 6 heteroatoms. The first kappa shape index (κ1) is 17.1. The van der Waals surface area contributed by atoms with Gasteiger partial charge in [-0.25, -0.2) is 0 Å². The minimum atomic E-state index is -0.306. The Hall–Kier alpha value is -2.76. The molecule has 2 heterocycles. The number of aromatic nitrogens is 1. The van der Waals surface area contributed by atoms with Crippen molar-refractivity contribution in [3.8, 4) is 5.75 Å². The second-order valence-electron chi connectivity index (χ2n) is 6.02. The van der Waals surface area contributed by atoms with Gasteiger partial charge in [0.1, 0.15) is 5.75 Å². The number of para-hydroxylation sites is 1. The second kappa shape index (κ2) is 7.42. The van der Waals surface area contributed by atoms with Crippen LogP contribution < -0.4 is 10.1 Å². The Balaban J connectivity index is 1.66. The number of rotatable bonds is 5. The van der Waals surface area contributed by atoms with Crippen molar-refractivity contribution in [2.75, 3.05) is 20.2 Å². The molecule has 1 atom stereocenters. The monoisotopic (exact) mass is 341 g/mol. The quantitative estimate of drug-likeness (QED) is 0.907. The van der Waals surface area contributed by atoms with Crippen molar-refractivity contribution in [3.63, 3.8) is 0 Å². The third-order valence-corrected chi connectivity index (χ3v) is 4.62. The van der Waals surface area contributed by atoms with E-state index in [-0.39, 0.29) is 24.4 Å². The highest BCUT2D eigenvalue weighted by Crippen LogP contribution is 2.28. The van der Waals surface area contributed by atoms with Crippen molar-refractivity contribution in [1.82, 2.24) is 14.8 Å². The molecule has 0 bridgehead atoms. The van der Waals surface area contributed by atoms with Gasteiger partial charge in [-0.05, 0) is 30.7 Å². The number of nitrogens with one attached hydrogen (secondary N) is 1. The molecule has 1 N–H and O–H groups in total. The third-order valence-electron chi connectivity index (χ3n) is 4.62. The Morgan fingerprint density at radius 3 is 2.76 bits per heavy atom. The fourth-order valence-electron chi connectivity index (χ4n) is 3.38. The van der Waals surface area contributed by atoms with E-state index >= 15 is 0 Å². The van der Waals surface area contributed by atoms with Crippen LogP contribution in [0.4, 0.5) is 0 Å². The summed E-state index contributed by atoms with van der Waals surface area (Å²) in [7, 11) is 1.52. The second-order valence-corrected chi connectivity index (χ2v) is 6.02. The largest absolute Gasteiger partial charge is 0.496 e. The first-order valence-corrected chi connectivity index (χ1v) is 8.51. The lowest BCUT2D eigenvalue weighted by Gasteiger charge is -2.36. The summed E-state index contributed by atoms with van der Waals surface area (Å²) in [6, 6.07) is 11.1. The van der Waals surface area contributed by atoms with Crippen molar-refractivity contribution in [3.05, 3.63) is 53.9 Å². The van der Waals surface area contributed by atoms with Gasteiger partial charge in [0.2, 0.25) is 5.91 Å². The molecular weight excluding hydrogens is 318 g/mol. The number of carbonyl (C=O) groups is 2. The zero-order valence-electron chi connectivity index (χ0n) is 14.6. The summed E-state index contributed by atoms with van der Waals surface area (Å²) in [6.45, 7) is 3.49. The average Bonchev–Trinajstić information content (AvgIpc) is 3.13. The molecule has 0 saturated heterocycles. The van der Waals surface area contributed by atoms with Gasteiger partial charge in [0.15, 0.2) is 0 Å². The van der Waals surface area contributed by atoms with E-state index in [9.17, 15) is 9.59 Å². The van der Waals surface area contributed by atoms with Crippen molar-refractivity contribution in [1.29, 1.82) is 0 Å². The van der Waals surface area contributed by atoms with Crippen LogP contribution in [-0.4, -0.2) is 41.5 Å². The molecule has 3 rings (SSSR count). The fraction of sp³-hybridized carbons (Fsp3) is 0.368. The highest BCUT2D eigenvalue weighted by atomic mass is 16.5. The molecule has 0 spiro atoms. The fourth-order valence-corrected chi connectivity index (χ4v) is 3.38. The number of carbonyl (C=O) groups excluding carboxylic acids is 2. The lowest BCUT2D eigenvalue weighted by Crippen LogP contribution is -2.46. The van der Waals surface area contributed by atoms with E-state index in [2.05, 4.69) is 22.9 Å². The summed E-state index contributed by atoms with van der Waals surface area (Å²) in [5.41, 5.74) is 1.58. The van der Waals surface area contributed by atoms with Crippen LogP contribution in [0.2, 0.25) is 0 Å². The number of fused-ring (bicyclic) bond motifs is 1. The third kappa shape index (κ3) is 3.38. The van der Waals surface area contributed by atoms with Crippen molar-refractivity contribution in [2.45, 2.75) is 25.9 Å². The van der Waals surface area contributed by atoms with Gasteiger partial charge in [-0.1, -0.05) is 19.1 Å². The Bertz CT molecular complexity index is 769. The molecule has 132 valence electrons. The van der Waals surface area contributed by atoms with E-state index < -0.39 is 0 Å². The molecule has 2 aromatic rings. The topological polar surface area (TPSA) is 63.6 Å². The average molecular weight is 341 g/mol. The number of benzene rings is 1. The maximum absolute atomic E-state index is 12.7. The van der Waals surface area contributed by atoms with Gasteiger partial charge in [-0.2, -0.15) is 0 Å². The summed E-state index contributed by atoms with van der Waals surface area (Å²) in [5.74, 6) is 0.122.